The van der Waals surface area contributed by atoms with E-state index in [0.29, 0.717) is 19.0 Å². The van der Waals surface area contributed by atoms with Gasteiger partial charge in [-0.05, 0) is 18.4 Å². The molecule has 0 fully saturated rings. The van der Waals surface area contributed by atoms with Gasteiger partial charge >= 0.3 is 0 Å². The molecule has 0 atom stereocenters. The summed E-state index contributed by atoms with van der Waals surface area (Å²) in [6.45, 7) is 5.28. The van der Waals surface area contributed by atoms with E-state index in [1.54, 1.807) is 6.07 Å². The van der Waals surface area contributed by atoms with E-state index >= 15 is 0 Å². The second kappa shape index (κ2) is 5.12. The highest BCUT2D eigenvalue weighted by molar-refractivity contribution is 5.05. The molecule has 0 unspecified atom stereocenters. The summed E-state index contributed by atoms with van der Waals surface area (Å²) in [6, 6.07) is 3.02. The fourth-order valence-electron chi connectivity index (χ4n) is 1.21. The molecule has 0 spiro atoms. The van der Waals surface area contributed by atoms with Crippen molar-refractivity contribution in [3.05, 3.63) is 22.5 Å². The topological polar surface area (TPSA) is 70.1 Å². The number of hydrogen-bond acceptors (Lipinski definition) is 4. The highest BCUT2D eigenvalue weighted by Gasteiger charge is 2.15. The van der Waals surface area contributed by atoms with E-state index in [-0.39, 0.29) is 11.0 Å². The van der Waals surface area contributed by atoms with Gasteiger partial charge in [-0.15, -0.1) is 5.10 Å². The normalized spacial score (nSPS) is 11.5. The monoisotopic (exact) mass is 225 g/mol. The molecule has 0 amide bonds. The zero-order valence-corrected chi connectivity index (χ0v) is 10.1. The van der Waals surface area contributed by atoms with Crippen LogP contribution >= 0.6 is 0 Å². The average molecular weight is 225 g/mol. The minimum absolute atomic E-state index is 0.0181. The fraction of sp³-hybridized carbons (Fsp3) is 0.636. The van der Waals surface area contributed by atoms with Gasteiger partial charge in [-0.25, -0.2) is 4.68 Å². The maximum Gasteiger partial charge on any atom is 0.266 e. The lowest BCUT2D eigenvalue weighted by molar-refractivity contribution is 0.304. The summed E-state index contributed by atoms with van der Waals surface area (Å²) < 4.78 is 6.39. The summed E-state index contributed by atoms with van der Waals surface area (Å²) in [4.78, 5) is 11.5. The van der Waals surface area contributed by atoms with Crippen LogP contribution in [0.1, 0.15) is 20.3 Å². The molecular formula is C11H19N3O2. The van der Waals surface area contributed by atoms with Gasteiger partial charge in [-0.3, -0.25) is 4.79 Å². The van der Waals surface area contributed by atoms with Crippen molar-refractivity contribution < 1.29 is 4.74 Å². The van der Waals surface area contributed by atoms with E-state index in [2.05, 4.69) is 18.9 Å². The maximum atomic E-state index is 11.5. The zero-order valence-electron chi connectivity index (χ0n) is 10.1. The van der Waals surface area contributed by atoms with Gasteiger partial charge in [0.1, 0.15) is 0 Å². The van der Waals surface area contributed by atoms with Gasteiger partial charge in [-0.1, -0.05) is 13.8 Å². The maximum absolute atomic E-state index is 11.5. The number of nitrogens with zero attached hydrogens (tertiary/aromatic N) is 2. The number of rotatable bonds is 5. The van der Waals surface area contributed by atoms with Crippen LogP contribution in [-0.4, -0.2) is 23.4 Å². The molecule has 0 aliphatic heterocycles. The number of methoxy groups -OCH3 is 1. The van der Waals surface area contributed by atoms with Crippen LogP contribution in [0.5, 0.6) is 5.88 Å². The predicted molar refractivity (Wildman–Crippen MR) is 62.5 cm³/mol. The molecule has 0 saturated heterocycles. The summed E-state index contributed by atoms with van der Waals surface area (Å²) in [5.74, 6) is 0.449. The van der Waals surface area contributed by atoms with Crippen molar-refractivity contribution in [3.8, 4) is 5.88 Å². The van der Waals surface area contributed by atoms with E-state index in [0.717, 1.165) is 6.42 Å². The SMILES string of the molecule is COc1ccc(=O)n(CCC(C)(C)CN)n1. The van der Waals surface area contributed by atoms with Gasteiger partial charge in [0, 0.05) is 18.7 Å². The molecule has 0 radical (unpaired) electrons. The lowest BCUT2D eigenvalue weighted by Crippen LogP contribution is -2.29. The van der Waals surface area contributed by atoms with Crippen molar-refractivity contribution in [2.75, 3.05) is 13.7 Å². The molecule has 0 saturated carbocycles. The first-order valence-corrected chi connectivity index (χ1v) is 5.31. The number of aryl methyl sites for hydroxylation is 1. The summed E-state index contributed by atoms with van der Waals surface area (Å²) in [5.41, 5.74) is 5.53. The number of aromatic nitrogens is 2. The third-order valence-electron chi connectivity index (χ3n) is 2.60. The first-order chi connectivity index (χ1) is 7.48. The van der Waals surface area contributed by atoms with Gasteiger partial charge in [-0.2, -0.15) is 0 Å². The highest BCUT2D eigenvalue weighted by Crippen LogP contribution is 2.18. The van der Waals surface area contributed by atoms with Crippen LogP contribution in [0.3, 0.4) is 0 Å². The Hall–Kier alpha value is -1.36. The first-order valence-electron chi connectivity index (χ1n) is 5.31. The summed E-state index contributed by atoms with van der Waals surface area (Å²) >= 11 is 0. The fourth-order valence-corrected chi connectivity index (χ4v) is 1.21. The second-order valence-corrected chi connectivity index (χ2v) is 4.56. The van der Waals surface area contributed by atoms with Gasteiger partial charge in [0.05, 0.1) is 7.11 Å². The van der Waals surface area contributed by atoms with Crippen molar-refractivity contribution in [2.45, 2.75) is 26.8 Å². The second-order valence-electron chi connectivity index (χ2n) is 4.56. The Balaban J connectivity index is 2.77. The molecule has 5 nitrogen and oxygen atoms in total. The largest absolute Gasteiger partial charge is 0.480 e. The van der Waals surface area contributed by atoms with Gasteiger partial charge < -0.3 is 10.5 Å². The standard InChI is InChI=1S/C11H19N3O2/c1-11(2,8-12)6-7-14-10(15)5-4-9(13-14)16-3/h4-5H,6-8,12H2,1-3H3. The molecule has 5 heteroatoms. The molecule has 1 aromatic rings. The van der Waals surface area contributed by atoms with Crippen LogP contribution in [0.4, 0.5) is 0 Å². The van der Waals surface area contributed by atoms with Crippen molar-refractivity contribution >= 4 is 0 Å². The zero-order chi connectivity index (χ0) is 12.2. The molecule has 1 heterocycles. The molecule has 0 aromatic carbocycles. The molecule has 0 bridgehead atoms. The minimum Gasteiger partial charge on any atom is -0.480 e. The molecule has 90 valence electrons. The Bertz CT molecular complexity index is 398. The van der Waals surface area contributed by atoms with E-state index in [9.17, 15) is 4.79 Å². The van der Waals surface area contributed by atoms with Gasteiger partial charge in [0.2, 0.25) is 5.88 Å². The average Bonchev–Trinajstić information content (AvgIpc) is 2.28. The summed E-state index contributed by atoms with van der Waals surface area (Å²) in [7, 11) is 1.53. The Kier molecular flexibility index (Phi) is 4.06. The molecule has 2 N–H and O–H groups in total. The Labute approximate surface area is 95.2 Å². The molecule has 0 aliphatic rings. The minimum atomic E-state index is -0.117. The third-order valence-corrected chi connectivity index (χ3v) is 2.60. The van der Waals surface area contributed by atoms with E-state index < -0.39 is 0 Å². The van der Waals surface area contributed by atoms with E-state index in [1.807, 2.05) is 0 Å². The van der Waals surface area contributed by atoms with E-state index in [4.69, 9.17) is 10.5 Å². The van der Waals surface area contributed by atoms with Crippen LogP contribution in [-0.2, 0) is 6.54 Å². The Morgan fingerprint density at radius 3 is 2.75 bits per heavy atom. The van der Waals surface area contributed by atoms with Crippen LogP contribution < -0.4 is 16.0 Å². The number of ether oxygens (including phenoxy) is 1. The lowest BCUT2D eigenvalue weighted by atomic mass is 9.90. The van der Waals surface area contributed by atoms with Crippen molar-refractivity contribution in [1.82, 2.24) is 9.78 Å². The van der Waals surface area contributed by atoms with Gasteiger partial charge in [0.25, 0.3) is 5.56 Å². The van der Waals surface area contributed by atoms with Crippen molar-refractivity contribution in [3.63, 3.8) is 0 Å². The van der Waals surface area contributed by atoms with Crippen molar-refractivity contribution in [1.29, 1.82) is 0 Å². The molecule has 0 aliphatic carbocycles. The molecule has 1 aromatic heterocycles. The first kappa shape index (κ1) is 12.7. The Morgan fingerprint density at radius 2 is 2.19 bits per heavy atom. The number of hydrogen-bond donors (Lipinski definition) is 1. The van der Waals surface area contributed by atoms with Crippen molar-refractivity contribution in [2.24, 2.45) is 11.1 Å². The molecule has 16 heavy (non-hydrogen) atoms. The predicted octanol–water partition coefficient (Wildman–Crippen LogP) is 0.627. The third kappa shape index (κ3) is 3.34. The van der Waals surface area contributed by atoms with Crippen LogP contribution in [0.15, 0.2) is 16.9 Å². The summed E-state index contributed by atoms with van der Waals surface area (Å²) in [6.07, 6.45) is 0.809. The van der Waals surface area contributed by atoms with Crippen LogP contribution in [0.25, 0.3) is 0 Å². The number of nitrogens with two attached hydrogens (primary N) is 1. The van der Waals surface area contributed by atoms with Crippen LogP contribution in [0, 0.1) is 5.41 Å². The van der Waals surface area contributed by atoms with Crippen LogP contribution in [0.2, 0.25) is 0 Å². The molecule has 1 rings (SSSR count). The smallest absolute Gasteiger partial charge is 0.266 e. The Morgan fingerprint density at radius 1 is 1.50 bits per heavy atom. The molecular weight excluding hydrogens is 206 g/mol. The summed E-state index contributed by atoms with van der Waals surface area (Å²) in [5, 5.41) is 4.07. The van der Waals surface area contributed by atoms with E-state index in [1.165, 1.54) is 17.9 Å². The highest BCUT2D eigenvalue weighted by atomic mass is 16.5. The quantitative estimate of drug-likeness (QED) is 0.797. The van der Waals surface area contributed by atoms with Gasteiger partial charge in [0.15, 0.2) is 0 Å². The lowest BCUT2D eigenvalue weighted by Gasteiger charge is -2.22.